The van der Waals surface area contributed by atoms with Gasteiger partial charge >= 0.3 is 5.97 Å². The largest absolute Gasteiger partial charge is 0.480 e. The van der Waals surface area contributed by atoms with Gasteiger partial charge in [0.05, 0.1) is 0 Å². The molecule has 0 saturated heterocycles. The normalized spacial score (nSPS) is 24.1. The van der Waals surface area contributed by atoms with Crippen LogP contribution in [0.5, 0.6) is 0 Å². The van der Waals surface area contributed by atoms with E-state index in [4.69, 9.17) is 0 Å². The molecule has 1 rings (SSSR count). The molecular formula is C16H28N2O4. The second kappa shape index (κ2) is 8.76. The number of nitrogens with one attached hydrogen (secondary N) is 2. The van der Waals surface area contributed by atoms with Crippen LogP contribution in [-0.4, -0.2) is 35.5 Å². The Kier molecular flexibility index (Phi) is 7.35. The highest BCUT2D eigenvalue weighted by molar-refractivity contribution is 5.90. The van der Waals surface area contributed by atoms with Gasteiger partial charge in [-0.05, 0) is 25.7 Å². The summed E-state index contributed by atoms with van der Waals surface area (Å²) in [7, 11) is 0. The van der Waals surface area contributed by atoms with Crippen molar-refractivity contribution in [3.8, 4) is 0 Å². The van der Waals surface area contributed by atoms with Gasteiger partial charge in [-0.3, -0.25) is 9.59 Å². The fraction of sp³-hybridized carbons (Fsp3) is 0.812. The summed E-state index contributed by atoms with van der Waals surface area (Å²) in [6.07, 6.45) is 3.82. The Labute approximate surface area is 132 Å². The Morgan fingerprint density at radius 1 is 1.09 bits per heavy atom. The molecular weight excluding hydrogens is 284 g/mol. The fourth-order valence-electron chi connectivity index (χ4n) is 3.01. The van der Waals surface area contributed by atoms with Crippen molar-refractivity contribution in [1.29, 1.82) is 0 Å². The van der Waals surface area contributed by atoms with E-state index in [-0.39, 0.29) is 23.7 Å². The van der Waals surface area contributed by atoms with Crippen LogP contribution in [0.15, 0.2) is 0 Å². The van der Waals surface area contributed by atoms with E-state index in [2.05, 4.69) is 10.6 Å². The number of carbonyl (C=O) groups excluding carboxylic acids is 2. The second-order valence-corrected chi connectivity index (χ2v) is 6.10. The summed E-state index contributed by atoms with van der Waals surface area (Å²) in [5.41, 5.74) is 0. The molecule has 2 amide bonds. The van der Waals surface area contributed by atoms with E-state index >= 15 is 0 Å². The highest BCUT2D eigenvalue weighted by Gasteiger charge is 2.37. The van der Waals surface area contributed by atoms with Crippen molar-refractivity contribution in [1.82, 2.24) is 10.6 Å². The summed E-state index contributed by atoms with van der Waals surface area (Å²) >= 11 is 0. The average molecular weight is 312 g/mol. The molecule has 22 heavy (non-hydrogen) atoms. The first-order valence-corrected chi connectivity index (χ1v) is 8.23. The second-order valence-electron chi connectivity index (χ2n) is 6.10. The summed E-state index contributed by atoms with van der Waals surface area (Å²) < 4.78 is 0. The average Bonchev–Trinajstić information content (AvgIpc) is 2.51. The molecule has 4 atom stereocenters. The lowest BCUT2D eigenvalue weighted by Gasteiger charge is -2.31. The summed E-state index contributed by atoms with van der Waals surface area (Å²) in [4.78, 5) is 36.0. The number of aliphatic carboxylic acids is 1. The van der Waals surface area contributed by atoms with Gasteiger partial charge in [-0.2, -0.15) is 0 Å². The molecule has 0 aromatic heterocycles. The molecule has 1 fully saturated rings. The van der Waals surface area contributed by atoms with Crippen LogP contribution in [0.1, 0.15) is 52.9 Å². The minimum atomic E-state index is -1.02. The number of hydrogen-bond donors (Lipinski definition) is 3. The van der Waals surface area contributed by atoms with Crippen LogP contribution in [0.2, 0.25) is 0 Å². The van der Waals surface area contributed by atoms with Crippen LogP contribution in [0, 0.1) is 17.8 Å². The lowest BCUT2D eigenvalue weighted by Crippen LogP contribution is -2.50. The first-order valence-electron chi connectivity index (χ1n) is 8.23. The third-order valence-electron chi connectivity index (χ3n) is 4.57. The topological polar surface area (TPSA) is 95.5 Å². The van der Waals surface area contributed by atoms with E-state index in [9.17, 15) is 19.5 Å². The number of carboxylic acids is 1. The molecule has 0 bridgehead atoms. The molecule has 1 aliphatic carbocycles. The predicted molar refractivity (Wildman–Crippen MR) is 83.2 cm³/mol. The minimum absolute atomic E-state index is 0.0993. The Morgan fingerprint density at radius 3 is 2.09 bits per heavy atom. The van der Waals surface area contributed by atoms with Crippen molar-refractivity contribution in [3.05, 3.63) is 0 Å². The van der Waals surface area contributed by atoms with E-state index in [0.29, 0.717) is 25.8 Å². The van der Waals surface area contributed by atoms with Crippen LogP contribution >= 0.6 is 0 Å². The maximum absolute atomic E-state index is 12.5. The van der Waals surface area contributed by atoms with Gasteiger partial charge in [0, 0.05) is 18.4 Å². The lowest BCUT2D eigenvalue weighted by atomic mass is 9.78. The van der Waals surface area contributed by atoms with Gasteiger partial charge in [-0.1, -0.05) is 33.1 Å². The predicted octanol–water partition coefficient (Wildman–Crippen LogP) is 1.54. The van der Waals surface area contributed by atoms with Gasteiger partial charge in [-0.15, -0.1) is 0 Å². The SMILES string of the molecule is CCNC(=O)C1CCCCC1C(=O)NC(C(=O)O)C(C)CC. The van der Waals surface area contributed by atoms with E-state index in [1.54, 1.807) is 6.92 Å². The third-order valence-corrected chi connectivity index (χ3v) is 4.57. The molecule has 6 heteroatoms. The molecule has 0 aromatic rings. The van der Waals surface area contributed by atoms with Crippen molar-refractivity contribution >= 4 is 17.8 Å². The summed E-state index contributed by atoms with van der Waals surface area (Å²) in [5.74, 6) is -2.34. The van der Waals surface area contributed by atoms with E-state index < -0.39 is 17.9 Å². The number of carboxylic acid groups (broad SMARTS) is 1. The summed E-state index contributed by atoms with van der Waals surface area (Å²) in [6.45, 7) is 6.08. The van der Waals surface area contributed by atoms with Crippen LogP contribution < -0.4 is 10.6 Å². The molecule has 6 nitrogen and oxygen atoms in total. The number of hydrogen-bond acceptors (Lipinski definition) is 3. The molecule has 1 aliphatic rings. The van der Waals surface area contributed by atoms with Crippen LogP contribution in [0.25, 0.3) is 0 Å². The van der Waals surface area contributed by atoms with Gasteiger partial charge < -0.3 is 15.7 Å². The van der Waals surface area contributed by atoms with Gasteiger partial charge in [0.2, 0.25) is 11.8 Å². The standard InChI is InChI=1S/C16H28N2O4/c1-4-10(3)13(16(21)22)18-15(20)12-9-7-6-8-11(12)14(19)17-5-2/h10-13H,4-9H2,1-3H3,(H,17,19)(H,18,20)(H,21,22). The third kappa shape index (κ3) is 4.71. The lowest BCUT2D eigenvalue weighted by molar-refractivity contribution is -0.145. The number of rotatable bonds is 7. The number of carbonyl (C=O) groups is 3. The van der Waals surface area contributed by atoms with E-state index in [1.165, 1.54) is 0 Å². The number of amides is 2. The Balaban J connectivity index is 2.79. The fourth-order valence-corrected chi connectivity index (χ4v) is 3.01. The maximum Gasteiger partial charge on any atom is 0.326 e. The zero-order valence-corrected chi connectivity index (χ0v) is 13.7. The zero-order valence-electron chi connectivity index (χ0n) is 13.7. The van der Waals surface area contributed by atoms with Crippen molar-refractivity contribution in [3.63, 3.8) is 0 Å². The summed E-state index contributed by atoms with van der Waals surface area (Å²) in [6, 6.07) is -0.894. The van der Waals surface area contributed by atoms with Crippen LogP contribution in [0.3, 0.4) is 0 Å². The van der Waals surface area contributed by atoms with Crippen molar-refractivity contribution < 1.29 is 19.5 Å². The quantitative estimate of drug-likeness (QED) is 0.664. The molecule has 0 aromatic carbocycles. The smallest absolute Gasteiger partial charge is 0.326 e. The van der Waals surface area contributed by atoms with E-state index in [1.807, 2.05) is 13.8 Å². The highest BCUT2D eigenvalue weighted by atomic mass is 16.4. The Morgan fingerprint density at radius 2 is 1.64 bits per heavy atom. The molecule has 0 aliphatic heterocycles. The van der Waals surface area contributed by atoms with Gasteiger partial charge in [-0.25, -0.2) is 4.79 Å². The van der Waals surface area contributed by atoms with Crippen molar-refractivity contribution in [2.75, 3.05) is 6.54 Å². The molecule has 0 spiro atoms. The molecule has 0 radical (unpaired) electrons. The first-order chi connectivity index (χ1) is 10.4. The van der Waals surface area contributed by atoms with Crippen LogP contribution in [-0.2, 0) is 14.4 Å². The van der Waals surface area contributed by atoms with E-state index in [0.717, 1.165) is 12.8 Å². The monoisotopic (exact) mass is 312 g/mol. The molecule has 0 heterocycles. The van der Waals surface area contributed by atoms with Gasteiger partial charge in [0.1, 0.15) is 6.04 Å². The van der Waals surface area contributed by atoms with Crippen molar-refractivity contribution in [2.45, 2.75) is 58.9 Å². The Bertz CT molecular complexity index is 411. The van der Waals surface area contributed by atoms with Crippen molar-refractivity contribution in [2.24, 2.45) is 17.8 Å². The van der Waals surface area contributed by atoms with Gasteiger partial charge in [0.25, 0.3) is 0 Å². The minimum Gasteiger partial charge on any atom is -0.480 e. The molecule has 3 N–H and O–H groups in total. The first kappa shape index (κ1) is 18.5. The maximum atomic E-state index is 12.5. The summed E-state index contributed by atoms with van der Waals surface area (Å²) in [5, 5.41) is 14.7. The Hall–Kier alpha value is -1.59. The highest BCUT2D eigenvalue weighted by Crippen LogP contribution is 2.30. The molecule has 126 valence electrons. The zero-order chi connectivity index (χ0) is 16.7. The van der Waals surface area contributed by atoms with Crippen LogP contribution in [0.4, 0.5) is 0 Å². The molecule has 1 saturated carbocycles. The molecule has 4 unspecified atom stereocenters. The van der Waals surface area contributed by atoms with Gasteiger partial charge in [0.15, 0.2) is 0 Å².